The van der Waals surface area contributed by atoms with E-state index in [9.17, 15) is 18.7 Å². The van der Waals surface area contributed by atoms with E-state index >= 15 is 0 Å². The van der Waals surface area contributed by atoms with Crippen molar-refractivity contribution in [2.75, 3.05) is 6.54 Å². The lowest BCUT2D eigenvalue weighted by Crippen LogP contribution is -2.28. The van der Waals surface area contributed by atoms with Gasteiger partial charge in [0.25, 0.3) is 5.91 Å². The summed E-state index contributed by atoms with van der Waals surface area (Å²) in [5, 5.41) is 12.3. The molecule has 0 radical (unpaired) electrons. The van der Waals surface area contributed by atoms with Crippen LogP contribution in [-0.4, -0.2) is 28.9 Å². The van der Waals surface area contributed by atoms with Crippen LogP contribution in [0.3, 0.4) is 0 Å². The minimum absolute atomic E-state index is 0.168. The van der Waals surface area contributed by atoms with Crippen molar-refractivity contribution in [1.82, 2.24) is 5.32 Å². The zero-order valence-electron chi connectivity index (χ0n) is 17.7. The van der Waals surface area contributed by atoms with Gasteiger partial charge >= 0.3 is 0 Å². The molecule has 0 aliphatic carbocycles. The third-order valence-electron chi connectivity index (χ3n) is 5.03. The van der Waals surface area contributed by atoms with E-state index < -0.39 is 11.5 Å². The molecule has 0 spiro atoms. The van der Waals surface area contributed by atoms with Gasteiger partial charge in [0.15, 0.2) is 0 Å². The first-order chi connectivity index (χ1) is 15.2. The van der Waals surface area contributed by atoms with E-state index in [4.69, 9.17) is 4.99 Å². The molecule has 7 heteroatoms. The van der Waals surface area contributed by atoms with Crippen molar-refractivity contribution in [2.45, 2.75) is 35.7 Å². The largest absolute Gasteiger partial charge is 0.508 e. The first-order valence-electron chi connectivity index (χ1n) is 10.2. The van der Waals surface area contributed by atoms with Crippen LogP contribution >= 0.6 is 11.8 Å². The Morgan fingerprint density at radius 1 is 1.06 bits per heavy atom. The van der Waals surface area contributed by atoms with Crippen molar-refractivity contribution >= 4 is 29.1 Å². The molecule has 0 unspecified atom stereocenters. The Hall–Kier alpha value is -3.19. The van der Waals surface area contributed by atoms with Crippen LogP contribution in [0, 0.1) is 5.82 Å². The number of aromatic hydroxyl groups is 1. The number of halogens is 2. The predicted molar refractivity (Wildman–Crippen MR) is 123 cm³/mol. The van der Waals surface area contributed by atoms with Gasteiger partial charge in [-0.25, -0.2) is 13.8 Å². The van der Waals surface area contributed by atoms with Gasteiger partial charge in [0, 0.05) is 39.1 Å². The lowest BCUT2D eigenvalue weighted by atomic mass is 10.0. The van der Waals surface area contributed by atoms with E-state index in [-0.39, 0.29) is 30.2 Å². The monoisotopic (exact) mass is 452 g/mol. The fourth-order valence-corrected chi connectivity index (χ4v) is 4.36. The molecule has 3 aromatic carbocycles. The molecule has 164 valence electrons. The normalized spacial score (nSPS) is 12.9. The average Bonchev–Trinajstić information content (AvgIpc) is 2.89. The maximum Gasteiger partial charge on any atom is 0.251 e. The second-order valence-corrected chi connectivity index (χ2v) is 9.21. The zero-order chi connectivity index (χ0) is 22.9. The van der Waals surface area contributed by atoms with Crippen LogP contribution in [0.2, 0.25) is 0 Å². The number of hydrogen-bond acceptors (Lipinski definition) is 4. The molecule has 0 atom stereocenters. The topological polar surface area (TPSA) is 61.7 Å². The Labute approximate surface area is 189 Å². The molecule has 2 N–H and O–H groups in total. The molecule has 1 aliphatic rings. The van der Waals surface area contributed by atoms with Crippen molar-refractivity contribution in [2.24, 2.45) is 4.99 Å². The molecular formula is C25H22F2N2O2S. The molecule has 3 aromatic rings. The summed E-state index contributed by atoms with van der Waals surface area (Å²) < 4.78 is 28.4. The first kappa shape index (κ1) is 22.0. The predicted octanol–water partition coefficient (Wildman–Crippen LogP) is 6.03. The second-order valence-electron chi connectivity index (χ2n) is 8.13. The standard InChI is InChI=1S/C25H22F2N2O2S/c1-25(2,27)11-12-28-24(31)15-7-10-22-20(13-15)29-23(17-9-8-16(30)14-19(17)26)18-5-3-4-6-21(18)32-22/h3-10,13-14,30H,11-12H2,1-2H3,(H,28,31). The second kappa shape index (κ2) is 8.74. The summed E-state index contributed by atoms with van der Waals surface area (Å²) in [6.07, 6.45) is 0.206. The van der Waals surface area contributed by atoms with E-state index in [1.54, 1.807) is 12.1 Å². The SMILES string of the molecule is CC(C)(F)CCNC(=O)c1ccc2c(c1)N=C(c1ccc(O)cc1F)c1ccccc1S2. The summed E-state index contributed by atoms with van der Waals surface area (Å²) in [7, 11) is 0. The highest BCUT2D eigenvalue weighted by Crippen LogP contribution is 2.42. The summed E-state index contributed by atoms with van der Waals surface area (Å²) in [6.45, 7) is 3.15. The van der Waals surface area contributed by atoms with E-state index in [1.807, 2.05) is 30.3 Å². The summed E-state index contributed by atoms with van der Waals surface area (Å²) in [4.78, 5) is 19.1. The highest BCUT2D eigenvalue weighted by atomic mass is 32.2. The molecule has 4 rings (SSSR count). The van der Waals surface area contributed by atoms with Crippen LogP contribution in [0.5, 0.6) is 5.75 Å². The molecular weight excluding hydrogens is 430 g/mol. The van der Waals surface area contributed by atoms with Gasteiger partial charge in [-0.2, -0.15) is 0 Å². The molecule has 0 fully saturated rings. The Morgan fingerprint density at radius 2 is 1.84 bits per heavy atom. The summed E-state index contributed by atoms with van der Waals surface area (Å²) >= 11 is 1.48. The number of nitrogens with one attached hydrogen (secondary N) is 1. The van der Waals surface area contributed by atoms with Crippen molar-refractivity contribution in [3.05, 3.63) is 83.2 Å². The van der Waals surface area contributed by atoms with Crippen molar-refractivity contribution < 1.29 is 18.7 Å². The average molecular weight is 453 g/mol. The Balaban J connectivity index is 1.74. The zero-order valence-corrected chi connectivity index (χ0v) is 18.5. The lowest BCUT2D eigenvalue weighted by Gasteiger charge is -2.14. The Morgan fingerprint density at radius 3 is 2.59 bits per heavy atom. The molecule has 4 nitrogen and oxygen atoms in total. The maximum atomic E-state index is 14.7. The van der Waals surface area contributed by atoms with Crippen molar-refractivity contribution in [1.29, 1.82) is 0 Å². The number of alkyl halides is 1. The van der Waals surface area contributed by atoms with Gasteiger partial charge in [-0.1, -0.05) is 30.0 Å². The molecule has 32 heavy (non-hydrogen) atoms. The Bertz CT molecular complexity index is 1220. The molecule has 0 aromatic heterocycles. The van der Waals surface area contributed by atoms with Gasteiger partial charge in [-0.05, 0) is 56.7 Å². The number of benzene rings is 3. The molecule has 0 saturated heterocycles. The number of phenolic OH excluding ortho intramolecular Hbond substituents is 1. The highest BCUT2D eigenvalue weighted by Gasteiger charge is 2.22. The Kier molecular flexibility index (Phi) is 6.02. The number of phenols is 1. The molecule has 0 saturated carbocycles. The summed E-state index contributed by atoms with van der Waals surface area (Å²) in [5.41, 5.74) is 0.990. The van der Waals surface area contributed by atoms with Crippen LogP contribution in [0.15, 0.2) is 75.4 Å². The van der Waals surface area contributed by atoms with E-state index in [1.165, 1.54) is 37.7 Å². The quantitative estimate of drug-likeness (QED) is 0.388. The number of fused-ring (bicyclic) bond motifs is 2. The molecule has 1 heterocycles. The number of nitrogens with zero attached hydrogens (tertiary/aromatic N) is 1. The first-order valence-corrected chi connectivity index (χ1v) is 11.0. The van der Waals surface area contributed by atoms with Crippen LogP contribution in [-0.2, 0) is 0 Å². The minimum atomic E-state index is -1.36. The van der Waals surface area contributed by atoms with E-state index in [0.29, 0.717) is 17.0 Å². The smallest absolute Gasteiger partial charge is 0.251 e. The number of rotatable bonds is 5. The van der Waals surface area contributed by atoms with Gasteiger partial charge < -0.3 is 10.4 Å². The fraction of sp³-hybridized carbons (Fsp3) is 0.200. The van der Waals surface area contributed by atoms with E-state index in [2.05, 4.69) is 5.32 Å². The third-order valence-corrected chi connectivity index (χ3v) is 6.17. The maximum absolute atomic E-state index is 14.7. The lowest BCUT2D eigenvalue weighted by molar-refractivity contribution is 0.0944. The third kappa shape index (κ3) is 4.83. The fourth-order valence-electron chi connectivity index (χ4n) is 3.36. The number of hydrogen-bond donors (Lipinski definition) is 2. The molecule has 1 aliphatic heterocycles. The number of carbonyl (C=O) groups excluding carboxylic acids is 1. The number of aliphatic imine (C=N–C) groups is 1. The van der Waals surface area contributed by atoms with Gasteiger partial charge in [0.1, 0.15) is 17.2 Å². The molecule has 1 amide bonds. The summed E-state index contributed by atoms with van der Waals surface area (Å²) in [5.74, 6) is -1.08. The highest BCUT2D eigenvalue weighted by molar-refractivity contribution is 7.99. The van der Waals surface area contributed by atoms with E-state index in [0.717, 1.165) is 21.4 Å². The molecule has 0 bridgehead atoms. The number of carbonyl (C=O) groups is 1. The van der Waals surface area contributed by atoms with Crippen LogP contribution in [0.1, 0.15) is 41.8 Å². The summed E-state index contributed by atoms with van der Waals surface area (Å²) in [6, 6.07) is 16.7. The minimum Gasteiger partial charge on any atom is -0.508 e. The van der Waals surface area contributed by atoms with Gasteiger partial charge in [0.2, 0.25) is 0 Å². The number of amides is 1. The van der Waals surface area contributed by atoms with Crippen LogP contribution in [0.25, 0.3) is 0 Å². The van der Waals surface area contributed by atoms with Crippen LogP contribution < -0.4 is 5.32 Å². The van der Waals surface area contributed by atoms with Crippen molar-refractivity contribution in [3.63, 3.8) is 0 Å². The van der Waals surface area contributed by atoms with Gasteiger partial charge in [0.05, 0.1) is 11.4 Å². The van der Waals surface area contributed by atoms with Gasteiger partial charge in [-0.15, -0.1) is 0 Å². The van der Waals surface area contributed by atoms with Crippen LogP contribution in [0.4, 0.5) is 14.5 Å². The van der Waals surface area contributed by atoms with Crippen molar-refractivity contribution in [3.8, 4) is 5.75 Å². The van der Waals surface area contributed by atoms with Gasteiger partial charge in [-0.3, -0.25) is 4.79 Å².